The molecule has 166 valence electrons. The molecule has 0 spiro atoms. The van der Waals surface area contributed by atoms with Gasteiger partial charge in [-0.2, -0.15) is 5.10 Å². The molecule has 0 bridgehead atoms. The van der Waals surface area contributed by atoms with Gasteiger partial charge in [0.25, 0.3) is 0 Å². The molecule has 1 aliphatic rings. The van der Waals surface area contributed by atoms with Gasteiger partial charge in [0.05, 0.1) is 28.7 Å². The van der Waals surface area contributed by atoms with Crippen LogP contribution in [0.25, 0.3) is 0 Å². The van der Waals surface area contributed by atoms with Crippen molar-refractivity contribution in [3.63, 3.8) is 0 Å². The minimum absolute atomic E-state index is 0.138. The van der Waals surface area contributed by atoms with E-state index in [0.717, 1.165) is 24.1 Å². The Morgan fingerprint density at radius 2 is 1.84 bits per heavy atom. The molecular weight excluding hydrogens is 449 g/mol. The summed E-state index contributed by atoms with van der Waals surface area (Å²) in [7, 11) is 0. The number of hydrogen-bond acceptors (Lipinski definition) is 3. The van der Waals surface area contributed by atoms with Crippen LogP contribution in [0.3, 0.4) is 0 Å². The third-order valence-electron chi connectivity index (χ3n) is 5.42. The fraction of sp³-hybridized carbons (Fsp3) is 0.261. The van der Waals surface area contributed by atoms with E-state index in [0.29, 0.717) is 35.5 Å². The number of amides is 3. The third-order valence-corrected chi connectivity index (χ3v) is 6.28. The van der Waals surface area contributed by atoms with Crippen molar-refractivity contribution in [2.24, 2.45) is 5.92 Å². The molecule has 2 aromatic carbocycles. The molecule has 1 aliphatic heterocycles. The standard InChI is InChI=1S/C23H23Cl2N5O2/c24-19-10-4-6-16(21(19)25)15-30-20(11-12-26-30)28-22(31)17-7-5-13-29(14-17)23(32)27-18-8-2-1-3-9-18/h1-4,6,8-12,17H,5,7,13-15H2,(H,27,32)(H,28,31). The Morgan fingerprint density at radius 3 is 2.66 bits per heavy atom. The number of carbonyl (C=O) groups is 2. The maximum absolute atomic E-state index is 13.0. The van der Waals surface area contributed by atoms with Crippen molar-refractivity contribution in [3.05, 3.63) is 76.4 Å². The van der Waals surface area contributed by atoms with E-state index in [2.05, 4.69) is 15.7 Å². The zero-order valence-electron chi connectivity index (χ0n) is 17.3. The van der Waals surface area contributed by atoms with Crippen LogP contribution in [-0.4, -0.2) is 39.7 Å². The van der Waals surface area contributed by atoms with E-state index in [4.69, 9.17) is 23.2 Å². The lowest BCUT2D eigenvalue weighted by molar-refractivity contribution is -0.121. The second kappa shape index (κ2) is 10.1. The second-order valence-electron chi connectivity index (χ2n) is 7.66. The van der Waals surface area contributed by atoms with Crippen molar-refractivity contribution in [2.45, 2.75) is 19.4 Å². The van der Waals surface area contributed by atoms with Gasteiger partial charge in [-0.05, 0) is 36.6 Å². The first-order chi connectivity index (χ1) is 15.5. The van der Waals surface area contributed by atoms with Crippen LogP contribution in [0, 0.1) is 5.92 Å². The van der Waals surface area contributed by atoms with E-state index in [-0.39, 0.29) is 17.9 Å². The van der Waals surface area contributed by atoms with Crippen LogP contribution in [0.1, 0.15) is 18.4 Å². The number of para-hydroxylation sites is 1. The average molecular weight is 472 g/mol. The molecular formula is C23H23Cl2N5O2. The number of rotatable bonds is 5. The predicted octanol–water partition coefficient (Wildman–Crippen LogP) is 5.12. The molecule has 2 N–H and O–H groups in total. The number of aromatic nitrogens is 2. The van der Waals surface area contributed by atoms with Crippen molar-refractivity contribution >= 4 is 46.6 Å². The van der Waals surface area contributed by atoms with Gasteiger partial charge in [-0.25, -0.2) is 9.48 Å². The first-order valence-corrected chi connectivity index (χ1v) is 11.1. The third kappa shape index (κ3) is 5.23. The molecule has 3 amide bonds. The van der Waals surface area contributed by atoms with Crippen molar-refractivity contribution < 1.29 is 9.59 Å². The van der Waals surface area contributed by atoms with E-state index < -0.39 is 0 Å². The SMILES string of the molecule is O=C(Nc1ccnn1Cc1cccc(Cl)c1Cl)C1CCCN(C(=O)Nc2ccccc2)C1. The second-order valence-corrected chi connectivity index (χ2v) is 8.44. The van der Waals surface area contributed by atoms with E-state index in [1.54, 1.807) is 27.9 Å². The minimum Gasteiger partial charge on any atom is -0.324 e. The summed E-state index contributed by atoms with van der Waals surface area (Å²) in [4.78, 5) is 27.3. The first kappa shape index (κ1) is 22.2. The number of carbonyl (C=O) groups excluding carboxylic acids is 2. The summed E-state index contributed by atoms with van der Waals surface area (Å²) in [5.41, 5.74) is 1.53. The normalized spacial score (nSPS) is 15.9. The van der Waals surface area contributed by atoms with Gasteiger partial charge in [-0.3, -0.25) is 4.79 Å². The summed E-state index contributed by atoms with van der Waals surface area (Å²) >= 11 is 12.4. The quantitative estimate of drug-likeness (QED) is 0.541. The number of nitrogens with zero attached hydrogens (tertiary/aromatic N) is 3. The topological polar surface area (TPSA) is 79.3 Å². The molecule has 1 atom stereocenters. The number of hydrogen-bond donors (Lipinski definition) is 2. The lowest BCUT2D eigenvalue weighted by Gasteiger charge is -2.32. The molecule has 0 aliphatic carbocycles. The highest BCUT2D eigenvalue weighted by Crippen LogP contribution is 2.27. The van der Waals surface area contributed by atoms with Crippen LogP contribution in [-0.2, 0) is 11.3 Å². The highest BCUT2D eigenvalue weighted by Gasteiger charge is 2.29. The molecule has 1 unspecified atom stereocenters. The molecule has 1 aromatic heterocycles. The van der Waals surface area contributed by atoms with Crippen molar-refractivity contribution in [1.82, 2.24) is 14.7 Å². The maximum Gasteiger partial charge on any atom is 0.321 e. The molecule has 9 heteroatoms. The Kier molecular flexibility index (Phi) is 6.97. The monoisotopic (exact) mass is 471 g/mol. The number of halogens is 2. The van der Waals surface area contributed by atoms with Crippen LogP contribution in [0.2, 0.25) is 10.0 Å². The van der Waals surface area contributed by atoms with Crippen LogP contribution in [0.15, 0.2) is 60.8 Å². The summed E-state index contributed by atoms with van der Waals surface area (Å²) in [6.45, 7) is 1.35. The van der Waals surface area contributed by atoms with Crippen LogP contribution in [0.4, 0.5) is 16.3 Å². The molecule has 0 radical (unpaired) electrons. The molecule has 3 aromatic rings. The number of urea groups is 1. The fourth-order valence-electron chi connectivity index (χ4n) is 3.72. The van der Waals surface area contributed by atoms with Crippen LogP contribution >= 0.6 is 23.2 Å². The molecule has 32 heavy (non-hydrogen) atoms. The lowest BCUT2D eigenvalue weighted by atomic mass is 9.97. The smallest absolute Gasteiger partial charge is 0.321 e. The summed E-state index contributed by atoms with van der Waals surface area (Å²) in [6, 6.07) is 16.2. The maximum atomic E-state index is 13.0. The van der Waals surface area contributed by atoms with Crippen molar-refractivity contribution in [1.29, 1.82) is 0 Å². The number of anilines is 2. The van der Waals surface area contributed by atoms with Gasteiger partial charge in [0.15, 0.2) is 0 Å². The number of nitrogens with one attached hydrogen (secondary N) is 2. The fourth-order valence-corrected chi connectivity index (χ4v) is 4.10. The van der Waals surface area contributed by atoms with Gasteiger partial charge in [-0.15, -0.1) is 0 Å². The summed E-state index contributed by atoms with van der Waals surface area (Å²) < 4.78 is 1.66. The molecule has 1 fully saturated rings. The van der Waals surface area contributed by atoms with E-state index in [9.17, 15) is 9.59 Å². The Bertz CT molecular complexity index is 1100. The van der Waals surface area contributed by atoms with Gasteiger partial charge in [0.2, 0.25) is 5.91 Å². The molecule has 2 heterocycles. The predicted molar refractivity (Wildman–Crippen MR) is 126 cm³/mol. The van der Waals surface area contributed by atoms with Crippen LogP contribution in [0.5, 0.6) is 0 Å². The van der Waals surface area contributed by atoms with Crippen molar-refractivity contribution in [2.75, 3.05) is 23.7 Å². The number of likely N-dealkylation sites (tertiary alicyclic amines) is 1. The Balaban J connectivity index is 1.38. The largest absolute Gasteiger partial charge is 0.324 e. The van der Waals surface area contributed by atoms with Gasteiger partial charge >= 0.3 is 6.03 Å². The molecule has 0 saturated carbocycles. The Hall–Kier alpha value is -3.03. The first-order valence-electron chi connectivity index (χ1n) is 10.4. The van der Waals surface area contributed by atoms with Crippen LogP contribution < -0.4 is 10.6 Å². The zero-order chi connectivity index (χ0) is 22.5. The highest BCUT2D eigenvalue weighted by molar-refractivity contribution is 6.42. The van der Waals surface area contributed by atoms with E-state index in [1.165, 1.54) is 0 Å². The minimum atomic E-state index is -0.302. The van der Waals surface area contributed by atoms with Gasteiger partial charge in [-0.1, -0.05) is 53.5 Å². The molecule has 1 saturated heterocycles. The summed E-state index contributed by atoms with van der Waals surface area (Å²) in [6.07, 6.45) is 3.10. The summed E-state index contributed by atoms with van der Waals surface area (Å²) in [5.74, 6) is 0.126. The van der Waals surface area contributed by atoms with Gasteiger partial charge < -0.3 is 15.5 Å². The molecule has 4 rings (SSSR count). The highest BCUT2D eigenvalue weighted by atomic mass is 35.5. The van der Waals surface area contributed by atoms with Gasteiger partial charge in [0, 0.05) is 24.8 Å². The summed E-state index contributed by atoms with van der Waals surface area (Å²) in [5, 5.41) is 11.1. The van der Waals surface area contributed by atoms with E-state index in [1.807, 2.05) is 42.5 Å². The van der Waals surface area contributed by atoms with Gasteiger partial charge in [0.1, 0.15) is 5.82 Å². The molecule has 7 nitrogen and oxygen atoms in total. The van der Waals surface area contributed by atoms with E-state index >= 15 is 0 Å². The Morgan fingerprint density at radius 1 is 1.03 bits per heavy atom. The zero-order valence-corrected chi connectivity index (χ0v) is 18.8. The number of piperidine rings is 1. The lowest BCUT2D eigenvalue weighted by Crippen LogP contribution is -2.45. The average Bonchev–Trinajstić information content (AvgIpc) is 3.24. The Labute approximate surface area is 196 Å². The van der Waals surface area contributed by atoms with Crippen molar-refractivity contribution in [3.8, 4) is 0 Å². The number of benzene rings is 2.